The fourth-order valence-electron chi connectivity index (χ4n) is 3.25. The highest BCUT2D eigenvalue weighted by atomic mass is 16.2. The van der Waals surface area contributed by atoms with Crippen molar-refractivity contribution in [3.8, 4) is 11.1 Å². The number of hydrogen-bond donors (Lipinski definition) is 1. The molecule has 27 heavy (non-hydrogen) atoms. The number of anilines is 1. The Morgan fingerprint density at radius 1 is 0.963 bits per heavy atom. The fraction of sp³-hybridized carbons (Fsp3) is 0.130. The lowest BCUT2D eigenvalue weighted by Crippen LogP contribution is -2.29. The predicted octanol–water partition coefficient (Wildman–Crippen LogP) is 5.09. The maximum atomic E-state index is 12.4. The van der Waals surface area contributed by atoms with Crippen molar-refractivity contribution in [3.05, 3.63) is 83.9 Å². The van der Waals surface area contributed by atoms with Crippen LogP contribution in [0.15, 0.2) is 72.8 Å². The summed E-state index contributed by atoms with van der Waals surface area (Å²) in [5, 5.41) is 0. The highest BCUT2D eigenvalue weighted by molar-refractivity contribution is 5.92. The minimum Gasteiger partial charge on any atom is -0.324 e. The molecular formula is C23H21N3O. The number of nitrogens with one attached hydrogen (secondary N) is 1. The molecule has 4 rings (SSSR count). The summed E-state index contributed by atoms with van der Waals surface area (Å²) >= 11 is 0. The number of hydrogen-bond acceptors (Lipinski definition) is 2. The molecule has 4 nitrogen and oxygen atoms in total. The number of amides is 1. The molecule has 4 heteroatoms. The minimum absolute atomic E-state index is 0.0484. The molecule has 0 saturated heterocycles. The third kappa shape index (κ3) is 3.47. The van der Waals surface area contributed by atoms with Gasteiger partial charge in [-0.2, -0.15) is 0 Å². The lowest BCUT2D eigenvalue weighted by molar-refractivity contribution is -0.116. The smallest absolute Gasteiger partial charge is 0.226 e. The number of aromatic amines is 1. The van der Waals surface area contributed by atoms with E-state index in [4.69, 9.17) is 0 Å². The number of rotatable bonds is 4. The number of para-hydroxylation sites is 2. The summed E-state index contributed by atoms with van der Waals surface area (Å²) in [7, 11) is 0. The highest BCUT2D eigenvalue weighted by Gasteiger charge is 2.18. The van der Waals surface area contributed by atoms with E-state index in [2.05, 4.69) is 53.3 Å². The van der Waals surface area contributed by atoms with Crippen molar-refractivity contribution >= 4 is 22.9 Å². The van der Waals surface area contributed by atoms with Gasteiger partial charge in [0.1, 0.15) is 0 Å². The van der Waals surface area contributed by atoms with E-state index >= 15 is 0 Å². The number of aromatic nitrogens is 2. The molecule has 0 unspecified atom stereocenters. The molecular weight excluding hydrogens is 334 g/mol. The monoisotopic (exact) mass is 355 g/mol. The summed E-state index contributed by atoms with van der Waals surface area (Å²) in [6, 6.07) is 24.4. The van der Waals surface area contributed by atoms with Gasteiger partial charge >= 0.3 is 0 Å². The number of aryl methyl sites for hydroxylation is 1. The summed E-state index contributed by atoms with van der Waals surface area (Å²) in [4.78, 5) is 21.9. The standard InChI is InChI=1S/C23H21N3O/c1-16-11-13-18(14-12-16)20-8-4-3-7-19(20)15-26(17(2)27)23-24-21-9-5-6-10-22(21)25-23/h3-14H,15H2,1-2H3,(H,24,25). The summed E-state index contributed by atoms with van der Waals surface area (Å²) < 4.78 is 0. The molecule has 0 fully saturated rings. The first-order valence-corrected chi connectivity index (χ1v) is 8.99. The second-order valence-electron chi connectivity index (χ2n) is 6.71. The van der Waals surface area contributed by atoms with Gasteiger partial charge in [0.15, 0.2) is 0 Å². The third-order valence-electron chi connectivity index (χ3n) is 4.72. The SMILES string of the molecule is CC(=O)N(Cc1ccccc1-c1ccc(C)cc1)c1nc2ccccc2[nH]1. The first kappa shape index (κ1) is 17.0. The molecule has 1 aromatic heterocycles. The van der Waals surface area contributed by atoms with E-state index in [0.29, 0.717) is 12.5 Å². The average Bonchev–Trinajstić information content (AvgIpc) is 3.10. The average molecular weight is 355 g/mol. The largest absolute Gasteiger partial charge is 0.324 e. The Bertz CT molecular complexity index is 1060. The Balaban J connectivity index is 1.72. The first-order chi connectivity index (χ1) is 13.1. The van der Waals surface area contributed by atoms with E-state index in [0.717, 1.165) is 27.7 Å². The second-order valence-corrected chi connectivity index (χ2v) is 6.71. The van der Waals surface area contributed by atoms with Crippen LogP contribution in [0.25, 0.3) is 22.2 Å². The number of imidazole rings is 1. The van der Waals surface area contributed by atoms with Crippen LogP contribution in [0.1, 0.15) is 18.1 Å². The maximum Gasteiger partial charge on any atom is 0.226 e. The second kappa shape index (κ2) is 7.08. The molecule has 0 aliphatic heterocycles. The molecule has 0 spiro atoms. The van der Waals surface area contributed by atoms with Crippen LogP contribution in [0.4, 0.5) is 5.95 Å². The molecule has 1 heterocycles. The van der Waals surface area contributed by atoms with E-state index in [-0.39, 0.29) is 5.91 Å². The molecule has 3 aromatic carbocycles. The van der Waals surface area contributed by atoms with Crippen LogP contribution in [0.2, 0.25) is 0 Å². The molecule has 0 bridgehead atoms. The number of fused-ring (bicyclic) bond motifs is 1. The van der Waals surface area contributed by atoms with Crippen molar-refractivity contribution in [2.45, 2.75) is 20.4 Å². The molecule has 0 saturated carbocycles. The lowest BCUT2D eigenvalue weighted by atomic mass is 9.98. The van der Waals surface area contributed by atoms with Crippen LogP contribution in [-0.2, 0) is 11.3 Å². The van der Waals surface area contributed by atoms with Gasteiger partial charge in [-0.15, -0.1) is 0 Å². The van der Waals surface area contributed by atoms with Gasteiger partial charge in [-0.1, -0.05) is 66.2 Å². The molecule has 1 N–H and O–H groups in total. The van der Waals surface area contributed by atoms with E-state index in [1.54, 1.807) is 11.8 Å². The van der Waals surface area contributed by atoms with Crippen LogP contribution in [0, 0.1) is 6.92 Å². The number of carbonyl (C=O) groups is 1. The van der Waals surface area contributed by atoms with Crippen LogP contribution in [-0.4, -0.2) is 15.9 Å². The van der Waals surface area contributed by atoms with Crippen molar-refractivity contribution < 1.29 is 4.79 Å². The molecule has 0 aliphatic carbocycles. The maximum absolute atomic E-state index is 12.4. The van der Waals surface area contributed by atoms with Crippen molar-refractivity contribution in [1.29, 1.82) is 0 Å². The van der Waals surface area contributed by atoms with Crippen molar-refractivity contribution in [2.24, 2.45) is 0 Å². The molecule has 134 valence electrons. The Labute approximate surface area is 158 Å². The lowest BCUT2D eigenvalue weighted by Gasteiger charge is -2.20. The Kier molecular flexibility index (Phi) is 4.47. The number of nitrogens with zero attached hydrogens (tertiary/aromatic N) is 2. The van der Waals surface area contributed by atoms with Crippen molar-refractivity contribution in [3.63, 3.8) is 0 Å². The van der Waals surface area contributed by atoms with Gasteiger partial charge < -0.3 is 4.98 Å². The summed E-state index contributed by atoms with van der Waals surface area (Å²) in [5.41, 5.74) is 6.35. The summed E-state index contributed by atoms with van der Waals surface area (Å²) in [6.07, 6.45) is 0. The van der Waals surface area contributed by atoms with E-state index < -0.39 is 0 Å². The Morgan fingerprint density at radius 3 is 2.41 bits per heavy atom. The van der Waals surface area contributed by atoms with Crippen LogP contribution >= 0.6 is 0 Å². The number of benzene rings is 3. The van der Waals surface area contributed by atoms with Gasteiger partial charge in [-0.05, 0) is 35.7 Å². The molecule has 0 radical (unpaired) electrons. The summed E-state index contributed by atoms with van der Waals surface area (Å²) in [6.45, 7) is 4.11. The van der Waals surface area contributed by atoms with Gasteiger partial charge in [0.25, 0.3) is 0 Å². The minimum atomic E-state index is -0.0484. The molecule has 4 aromatic rings. The fourth-order valence-corrected chi connectivity index (χ4v) is 3.25. The highest BCUT2D eigenvalue weighted by Crippen LogP contribution is 2.27. The molecule has 0 atom stereocenters. The zero-order valence-electron chi connectivity index (χ0n) is 15.4. The topological polar surface area (TPSA) is 49.0 Å². The first-order valence-electron chi connectivity index (χ1n) is 8.99. The third-order valence-corrected chi connectivity index (χ3v) is 4.72. The predicted molar refractivity (Wildman–Crippen MR) is 110 cm³/mol. The number of H-pyrrole nitrogens is 1. The van der Waals surface area contributed by atoms with Crippen LogP contribution < -0.4 is 4.90 Å². The van der Waals surface area contributed by atoms with Crippen LogP contribution in [0.3, 0.4) is 0 Å². The zero-order valence-corrected chi connectivity index (χ0v) is 15.4. The van der Waals surface area contributed by atoms with Gasteiger partial charge in [0.05, 0.1) is 17.6 Å². The van der Waals surface area contributed by atoms with E-state index in [1.807, 2.05) is 36.4 Å². The van der Waals surface area contributed by atoms with E-state index in [1.165, 1.54) is 5.56 Å². The van der Waals surface area contributed by atoms with Gasteiger partial charge in [0.2, 0.25) is 11.9 Å². The van der Waals surface area contributed by atoms with E-state index in [9.17, 15) is 4.79 Å². The van der Waals surface area contributed by atoms with Crippen LogP contribution in [0.5, 0.6) is 0 Å². The van der Waals surface area contributed by atoms with Crippen molar-refractivity contribution in [1.82, 2.24) is 9.97 Å². The quantitative estimate of drug-likeness (QED) is 0.554. The van der Waals surface area contributed by atoms with Gasteiger partial charge in [-0.3, -0.25) is 9.69 Å². The Hall–Kier alpha value is -3.40. The Morgan fingerprint density at radius 2 is 1.67 bits per heavy atom. The molecule has 0 aliphatic rings. The summed E-state index contributed by atoms with van der Waals surface area (Å²) in [5.74, 6) is 0.523. The van der Waals surface area contributed by atoms with Gasteiger partial charge in [-0.25, -0.2) is 4.98 Å². The number of carbonyl (C=O) groups excluding carboxylic acids is 1. The van der Waals surface area contributed by atoms with Gasteiger partial charge in [0, 0.05) is 6.92 Å². The van der Waals surface area contributed by atoms with Crippen molar-refractivity contribution in [2.75, 3.05) is 4.90 Å². The zero-order chi connectivity index (χ0) is 18.8. The molecule has 1 amide bonds. The normalized spacial score (nSPS) is 10.9.